The molecule has 24 heavy (non-hydrogen) atoms. The van der Waals surface area contributed by atoms with E-state index in [1.54, 1.807) is 13.2 Å². The Labute approximate surface area is 144 Å². The molecule has 0 radical (unpaired) electrons. The smallest absolute Gasteiger partial charge is 0.176 e. The van der Waals surface area contributed by atoms with E-state index in [1.165, 1.54) is 23.4 Å². The molecule has 0 saturated heterocycles. The summed E-state index contributed by atoms with van der Waals surface area (Å²) >= 11 is 1.53. The third-order valence-electron chi connectivity index (χ3n) is 4.22. The second-order valence-corrected chi connectivity index (χ2v) is 7.15. The van der Waals surface area contributed by atoms with E-state index in [-0.39, 0.29) is 5.82 Å². The van der Waals surface area contributed by atoms with Gasteiger partial charge in [-0.05, 0) is 42.8 Å². The van der Waals surface area contributed by atoms with Gasteiger partial charge < -0.3 is 14.5 Å². The van der Waals surface area contributed by atoms with Crippen LogP contribution in [0.1, 0.15) is 16.9 Å². The van der Waals surface area contributed by atoms with Crippen LogP contribution >= 0.6 is 11.8 Å². The van der Waals surface area contributed by atoms with E-state index in [0.717, 1.165) is 57.3 Å². The van der Waals surface area contributed by atoms with Crippen molar-refractivity contribution in [2.75, 3.05) is 13.7 Å². The summed E-state index contributed by atoms with van der Waals surface area (Å²) in [5.41, 5.74) is 2.91. The van der Waals surface area contributed by atoms with Crippen LogP contribution in [0.4, 0.5) is 4.39 Å². The van der Waals surface area contributed by atoms with Crippen molar-refractivity contribution in [3.8, 4) is 5.75 Å². The van der Waals surface area contributed by atoms with Crippen molar-refractivity contribution in [3.05, 3.63) is 53.0 Å². The number of furan rings is 1. The average molecular weight is 343 g/mol. The Morgan fingerprint density at radius 1 is 1.17 bits per heavy atom. The number of benzene rings is 2. The van der Waals surface area contributed by atoms with E-state index >= 15 is 0 Å². The molecule has 0 saturated carbocycles. The number of aryl methyl sites for hydroxylation is 1. The largest absolute Gasteiger partial charge is 0.493 e. The molecule has 0 amide bonds. The topological polar surface area (TPSA) is 34.4 Å². The maximum absolute atomic E-state index is 13.6. The first-order valence-electron chi connectivity index (χ1n) is 7.92. The Morgan fingerprint density at radius 3 is 2.79 bits per heavy atom. The highest BCUT2D eigenvalue weighted by molar-refractivity contribution is 7.99. The molecule has 5 heteroatoms. The summed E-state index contributed by atoms with van der Waals surface area (Å²) in [6.45, 7) is 3.63. The van der Waals surface area contributed by atoms with Crippen LogP contribution in [0.3, 0.4) is 0 Å². The third kappa shape index (κ3) is 2.78. The lowest BCUT2D eigenvalue weighted by molar-refractivity contribution is 0.405. The minimum absolute atomic E-state index is 0.213. The summed E-state index contributed by atoms with van der Waals surface area (Å²) in [4.78, 5) is 1.89. The van der Waals surface area contributed by atoms with E-state index in [9.17, 15) is 4.39 Å². The summed E-state index contributed by atoms with van der Waals surface area (Å²) < 4.78 is 25.2. The van der Waals surface area contributed by atoms with Gasteiger partial charge >= 0.3 is 0 Å². The van der Waals surface area contributed by atoms with Crippen molar-refractivity contribution in [1.29, 1.82) is 0 Å². The van der Waals surface area contributed by atoms with E-state index in [2.05, 4.69) is 11.4 Å². The Balaban J connectivity index is 1.80. The predicted molar refractivity (Wildman–Crippen MR) is 93.4 cm³/mol. The zero-order chi connectivity index (χ0) is 16.7. The standard InChI is InChI=1S/C19H18FNO2S/c1-11-5-12(20)7-13(6-11)24-14-8-15-16-10-21-4-3-17(16)23-19(15)18(9-14)22-2/h5-9,21H,3-4,10H2,1-2H3. The van der Waals surface area contributed by atoms with Gasteiger partial charge in [0.25, 0.3) is 0 Å². The van der Waals surface area contributed by atoms with Gasteiger partial charge in [0, 0.05) is 40.3 Å². The van der Waals surface area contributed by atoms with Crippen LogP contribution in [-0.2, 0) is 13.0 Å². The van der Waals surface area contributed by atoms with Gasteiger partial charge in [-0.25, -0.2) is 4.39 Å². The SMILES string of the molecule is COc1cc(Sc2cc(C)cc(F)c2)cc2c3c(oc12)CCNC3. The number of ether oxygens (including phenoxy) is 1. The summed E-state index contributed by atoms with van der Waals surface area (Å²) in [6, 6.07) is 9.14. The fourth-order valence-electron chi connectivity index (χ4n) is 3.16. The highest BCUT2D eigenvalue weighted by Crippen LogP contribution is 2.40. The molecular formula is C19H18FNO2S. The summed E-state index contributed by atoms with van der Waals surface area (Å²) in [5.74, 6) is 1.54. The normalized spacial score (nSPS) is 14.0. The predicted octanol–water partition coefficient (Wildman–Crippen LogP) is 4.69. The average Bonchev–Trinajstić information content (AvgIpc) is 2.92. The van der Waals surface area contributed by atoms with Gasteiger partial charge in [0.15, 0.2) is 11.3 Å². The molecule has 0 spiro atoms. The Kier molecular flexibility index (Phi) is 3.98. The highest BCUT2D eigenvalue weighted by Gasteiger charge is 2.21. The van der Waals surface area contributed by atoms with Gasteiger partial charge in [0.2, 0.25) is 0 Å². The van der Waals surface area contributed by atoms with E-state index in [0.29, 0.717) is 0 Å². The van der Waals surface area contributed by atoms with Crippen molar-refractivity contribution >= 4 is 22.7 Å². The lowest BCUT2D eigenvalue weighted by atomic mass is 10.1. The Hall–Kier alpha value is -1.98. The minimum atomic E-state index is -0.213. The molecule has 0 bridgehead atoms. The fraction of sp³-hybridized carbons (Fsp3) is 0.263. The molecule has 0 unspecified atom stereocenters. The summed E-state index contributed by atoms with van der Waals surface area (Å²) in [7, 11) is 1.65. The number of hydrogen-bond acceptors (Lipinski definition) is 4. The number of nitrogens with one attached hydrogen (secondary N) is 1. The fourth-order valence-corrected chi connectivity index (χ4v) is 4.19. The molecular weight excluding hydrogens is 325 g/mol. The number of rotatable bonds is 3. The van der Waals surface area contributed by atoms with Crippen molar-refractivity contribution in [2.45, 2.75) is 29.7 Å². The summed E-state index contributed by atoms with van der Waals surface area (Å²) in [5, 5.41) is 4.46. The molecule has 0 atom stereocenters. The van der Waals surface area contributed by atoms with Gasteiger partial charge in [-0.3, -0.25) is 0 Å². The number of fused-ring (bicyclic) bond motifs is 3. The van der Waals surface area contributed by atoms with Gasteiger partial charge in [0.1, 0.15) is 11.6 Å². The van der Waals surface area contributed by atoms with Crippen LogP contribution in [-0.4, -0.2) is 13.7 Å². The molecule has 3 aromatic rings. The number of methoxy groups -OCH3 is 1. The molecule has 124 valence electrons. The van der Waals surface area contributed by atoms with Gasteiger partial charge in [-0.15, -0.1) is 0 Å². The van der Waals surface area contributed by atoms with Gasteiger partial charge in [-0.2, -0.15) is 0 Å². The molecule has 0 aliphatic carbocycles. The maximum atomic E-state index is 13.6. The molecule has 3 nitrogen and oxygen atoms in total. The van der Waals surface area contributed by atoms with E-state index in [1.807, 2.05) is 19.1 Å². The van der Waals surface area contributed by atoms with Crippen molar-refractivity contribution < 1.29 is 13.5 Å². The lowest BCUT2D eigenvalue weighted by Gasteiger charge is -2.11. The molecule has 2 aromatic carbocycles. The van der Waals surface area contributed by atoms with Crippen molar-refractivity contribution in [3.63, 3.8) is 0 Å². The second kappa shape index (κ2) is 6.15. The third-order valence-corrected chi connectivity index (χ3v) is 5.16. The van der Waals surface area contributed by atoms with Gasteiger partial charge in [0.05, 0.1) is 7.11 Å². The molecule has 4 rings (SSSR count). The monoisotopic (exact) mass is 343 g/mol. The van der Waals surface area contributed by atoms with Crippen LogP contribution in [0.2, 0.25) is 0 Å². The van der Waals surface area contributed by atoms with Crippen molar-refractivity contribution in [1.82, 2.24) is 5.32 Å². The number of hydrogen-bond donors (Lipinski definition) is 1. The molecule has 1 aromatic heterocycles. The highest BCUT2D eigenvalue weighted by atomic mass is 32.2. The van der Waals surface area contributed by atoms with E-state index < -0.39 is 0 Å². The Morgan fingerprint density at radius 2 is 2.00 bits per heavy atom. The first-order valence-corrected chi connectivity index (χ1v) is 8.74. The second-order valence-electron chi connectivity index (χ2n) is 6.00. The number of halogens is 1. The van der Waals surface area contributed by atoms with Crippen LogP contribution < -0.4 is 10.1 Å². The van der Waals surface area contributed by atoms with Crippen LogP contribution in [0.25, 0.3) is 11.0 Å². The van der Waals surface area contributed by atoms with Crippen LogP contribution in [0.15, 0.2) is 44.5 Å². The summed E-state index contributed by atoms with van der Waals surface area (Å²) in [6.07, 6.45) is 0.888. The molecule has 1 aliphatic heterocycles. The molecule has 1 aliphatic rings. The zero-order valence-electron chi connectivity index (χ0n) is 13.6. The first kappa shape index (κ1) is 15.5. The molecule has 2 heterocycles. The quantitative estimate of drug-likeness (QED) is 0.748. The van der Waals surface area contributed by atoms with E-state index in [4.69, 9.17) is 9.15 Å². The van der Waals surface area contributed by atoms with Gasteiger partial charge in [-0.1, -0.05) is 11.8 Å². The first-order chi connectivity index (χ1) is 11.6. The van der Waals surface area contributed by atoms with Crippen LogP contribution in [0, 0.1) is 12.7 Å². The lowest BCUT2D eigenvalue weighted by Crippen LogP contribution is -2.22. The molecule has 0 fully saturated rings. The Bertz CT molecular complexity index is 899. The zero-order valence-corrected chi connectivity index (χ0v) is 14.4. The maximum Gasteiger partial charge on any atom is 0.176 e. The molecule has 1 N–H and O–H groups in total. The minimum Gasteiger partial charge on any atom is -0.493 e. The van der Waals surface area contributed by atoms with Crippen LogP contribution in [0.5, 0.6) is 5.75 Å². The van der Waals surface area contributed by atoms with Crippen molar-refractivity contribution in [2.24, 2.45) is 0 Å².